The number of aliphatic carboxylic acids is 1. The molecule has 4 nitrogen and oxygen atoms in total. The number of halogens is 1. The summed E-state index contributed by atoms with van der Waals surface area (Å²) in [6.07, 6.45) is -3.19. The van der Waals surface area contributed by atoms with Crippen molar-refractivity contribution in [2.45, 2.75) is 17.5 Å². The fraction of sp³-hybridized carbons (Fsp3) is 0.300. The van der Waals surface area contributed by atoms with E-state index in [1.165, 1.54) is 0 Å². The predicted octanol–water partition coefficient (Wildman–Crippen LogP) is 1.06. The summed E-state index contributed by atoms with van der Waals surface area (Å²) in [4.78, 5) is 10.4. The number of carboxylic acids is 1. The zero-order valence-corrected chi connectivity index (χ0v) is 9.39. The van der Waals surface area contributed by atoms with Gasteiger partial charge >= 0.3 is 5.97 Å². The van der Waals surface area contributed by atoms with Crippen LogP contribution in [0.2, 0.25) is 0 Å². The Morgan fingerprint density at radius 3 is 2.20 bits per heavy atom. The van der Waals surface area contributed by atoms with E-state index in [9.17, 15) is 9.90 Å². The molecule has 0 aliphatic heterocycles. The summed E-state index contributed by atoms with van der Waals surface area (Å²) >= 11 is 3.27. The zero-order chi connectivity index (χ0) is 11.4. The lowest BCUT2D eigenvalue weighted by Gasteiger charge is -2.14. The number of rotatable bonds is 4. The van der Waals surface area contributed by atoms with E-state index in [1.54, 1.807) is 24.3 Å². The largest absolute Gasteiger partial charge is 0.479 e. The van der Waals surface area contributed by atoms with Gasteiger partial charge in [0.05, 0.1) is 0 Å². The number of aliphatic hydroxyl groups excluding tert-OH is 2. The molecule has 3 N–H and O–H groups in total. The standard InChI is InChI=1S/C10H11BrO4/c11-5-6-1-3-7(4-2-6)8(12)9(13)10(14)15/h1-4,8-9,12-13H,5H2,(H,14,15). The second kappa shape index (κ2) is 5.25. The average molecular weight is 275 g/mol. The Morgan fingerprint density at radius 2 is 1.80 bits per heavy atom. The smallest absolute Gasteiger partial charge is 0.335 e. The van der Waals surface area contributed by atoms with Crippen LogP contribution in [-0.4, -0.2) is 27.4 Å². The molecule has 1 aromatic rings. The number of hydrogen-bond acceptors (Lipinski definition) is 3. The highest BCUT2D eigenvalue weighted by molar-refractivity contribution is 9.08. The molecule has 0 amide bonds. The molecule has 0 fully saturated rings. The van der Waals surface area contributed by atoms with Crippen molar-refractivity contribution in [3.63, 3.8) is 0 Å². The molecule has 0 bridgehead atoms. The van der Waals surface area contributed by atoms with Crippen molar-refractivity contribution in [3.8, 4) is 0 Å². The van der Waals surface area contributed by atoms with Gasteiger partial charge in [-0.1, -0.05) is 40.2 Å². The van der Waals surface area contributed by atoms with Gasteiger partial charge in [0.15, 0.2) is 6.10 Å². The van der Waals surface area contributed by atoms with Gasteiger partial charge in [-0.15, -0.1) is 0 Å². The lowest BCUT2D eigenvalue weighted by Crippen LogP contribution is -2.27. The Morgan fingerprint density at radius 1 is 1.27 bits per heavy atom. The number of hydrogen-bond donors (Lipinski definition) is 3. The monoisotopic (exact) mass is 274 g/mol. The number of aliphatic hydroxyl groups is 2. The summed E-state index contributed by atoms with van der Waals surface area (Å²) in [7, 11) is 0. The second-order valence-corrected chi connectivity index (χ2v) is 3.66. The van der Waals surface area contributed by atoms with E-state index in [0.717, 1.165) is 5.56 Å². The summed E-state index contributed by atoms with van der Waals surface area (Å²) in [6, 6.07) is 6.69. The lowest BCUT2D eigenvalue weighted by atomic mass is 10.0. The van der Waals surface area contributed by atoms with Crippen LogP contribution in [-0.2, 0) is 10.1 Å². The summed E-state index contributed by atoms with van der Waals surface area (Å²) in [5.74, 6) is -1.44. The van der Waals surface area contributed by atoms with Crippen LogP contribution in [0.3, 0.4) is 0 Å². The third-order valence-corrected chi connectivity index (χ3v) is 2.68. The summed E-state index contributed by atoms with van der Waals surface area (Å²) in [5, 5.41) is 27.8. The first-order chi connectivity index (χ1) is 7.06. The molecule has 0 spiro atoms. The minimum Gasteiger partial charge on any atom is -0.479 e. The maximum absolute atomic E-state index is 10.4. The predicted molar refractivity (Wildman–Crippen MR) is 57.7 cm³/mol. The van der Waals surface area contributed by atoms with E-state index in [-0.39, 0.29) is 0 Å². The molecule has 0 aliphatic rings. The molecule has 2 atom stereocenters. The van der Waals surface area contributed by atoms with Gasteiger partial charge < -0.3 is 15.3 Å². The topological polar surface area (TPSA) is 77.8 Å². The molecule has 5 heteroatoms. The van der Waals surface area contributed by atoms with Gasteiger partial charge in [0.2, 0.25) is 0 Å². The normalized spacial score (nSPS) is 14.6. The molecule has 1 rings (SSSR count). The van der Waals surface area contributed by atoms with Crippen LogP contribution in [0, 0.1) is 0 Å². The van der Waals surface area contributed by atoms with E-state index in [1.807, 2.05) is 0 Å². The van der Waals surface area contributed by atoms with E-state index in [0.29, 0.717) is 10.9 Å². The molecule has 0 aromatic heterocycles. The Labute approximate surface area is 95.3 Å². The molecule has 0 heterocycles. The first kappa shape index (κ1) is 12.2. The second-order valence-electron chi connectivity index (χ2n) is 3.10. The fourth-order valence-corrected chi connectivity index (χ4v) is 1.50. The molecule has 0 saturated heterocycles. The van der Waals surface area contributed by atoms with Crippen LogP contribution < -0.4 is 0 Å². The van der Waals surface area contributed by atoms with Crippen LogP contribution >= 0.6 is 15.9 Å². The SMILES string of the molecule is O=C(O)C(O)C(O)c1ccc(CBr)cc1. The first-order valence-electron chi connectivity index (χ1n) is 4.30. The van der Waals surface area contributed by atoms with Crippen LogP contribution in [0.4, 0.5) is 0 Å². The molecule has 0 saturated carbocycles. The molecule has 0 aliphatic carbocycles. The van der Waals surface area contributed by atoms with Crippen LogP contribution in [0.1, 0.15) is 17.2 Å². The Bertz CT molecular complexity index is 336. The van der Waals surface area contributed by atoms with E-state index in [4.69, 9.17) is 10.2 Å². The van der Waals surface area contributed by atoms with Gasteiger partial charge in [-0.3, -0.25) is 0 Å². The number of benzene rings is 1. The Hall–Kier alpha value is -0.910. The molecule has 2 unspecified atom stereocenters. The summed E-state index contributed by atoms with van der Waals surface area (Å²) in [5.41, 5.74) is 1.39. The van der Waals surface area contributed by atoms with Crippen molar-refractivity contribution >= 4 is 21.9 Å². The van der Waals surface area contributed by atoms with Gasteiger partial charge in [0.25, 0.3) is 0 Å². The van der Waals surface area contributed by atoms with Gasteiger partial charge in [0.1, 0.15) is 6.10 Å². The van der Waals surface area contributed by atoms with Gasteiger partial charge in [-0.05, 0) is 11.1 Å². The zero-order valence-electron chi connectivity index (χ0n) is 7.80. The van der Waals surface area contributed by atoms with Crippen molar-refractivity contribution in [1.29, 1.82) is 0 Å². The molecule has 15 heavy (non-hydrogen) atoms. The van der Waals surface area contributed by atoms with E-state index in [2.05, 4.69) is 15.9 Å². The number of carbonyl (C=O) groups is 1. The van der Waals surface area contributed by atoms with Gasteiger partial charge in [-0.2, -0.15) is 0 Å². The average Bonchev–Trinajstić information content (AvgIpc) is 2.27. The first-order valence-corrected chi connectivity index (χ1v) is 5.42. The molecular formula is C10H11BrO4. The number of alkyl halides is 1. The lowest BCUT2D eigenvalue weighted by molar-refractivity contribution is -0.153. The van der Waals surface area contributed by atoms with Gasteiger partial charge in [0, 0.05) is 5.33 Å². The highest BCUT2D eigenvalue weighted by atomic mass is 79.9. The highest BCUT2D eigenvalue weighted by Gasteiger charge is 2.24. The van der Waals surface area contributed by atoms with E-state index < -0.39 is 18.2 Å². The van der Waals surface area contributed by atoms with Crippen molar-refractivity contribution in [2.24, 2.45) is 0 Å². The molecule has 82 valence electrons. The maximum atomic E-state index is 10.4. The number of carboxylic acid groups (broad SMARTS) is 1. The minimum atomic E-state index is -1.79. The quantitative estimate of drug-likeness (QED) is 0.718. The van der Waals surface area contributed by atoms with Crippen molar-refractivity contribution < 1.29 is 20.1 Å². The van der Waals surface area contributed by atoms with Gasteiger partial charge in [-0.25, -0.2) is 4.79 Å². The summed E-state index contributed by atoms with van der Waals surface area (Å²) in [6.45, 7) is 0. The summed E-state index contributed by atoms with van der Waals surface area (Å²) < 4.78 is 0. The Balaban J connectivity index is 2.82. The van der Waals surface area contributed by atoms with Crippen LogP contribution in [0.15, 0.2) is 24.3 Å². The molecular weight excluding hydrogens is 264 g/mol. The van der Waals surface area contributed by atoms with Crippen LogP contribution in [0.5, 0.6) is 0 Å². The molecule has 0 radical (unpaired) electrons. The van der Waals surface area contributed by atoms with Crippen molar-refractivity contribution in [2.75, 3.05) is 0 Å². The third kappa shape index (κ3) is 3.02. The van der Waals surface area contributed by atoms with Crippen molar-refractivity contribution in [1.82, 2.24) is 0 Å². The molecule has 1 aromatic carbocycles. The Kier molecular flexibility index (Phi) is 4.26. The van der Waals surface area contributed by atoms with Crippen molar-refractivity contribution in [3.05, 3.63) is 35.4 Å². The fourth-order valence-electron chi connectivity index (χ4n) is 1.12. The van der Waals surface area contributed by atoms with E-state index >= 15 is 0 Å². The van der Waals surface area contributed by atoms with Crippen LogP contribution in [0.25, 0.3) is 0 Å². The maximum Gasteiger partial charge on any atom is 0.335 e. The third-order valence-electron chi connectivity index (χ3n) is 2.03. The minimum absolute atomic E-state index is 0.384. The highest BCUT2D eigenvalue weighted by Crippen LogP contribution is 2.18.